The van der Waals surface area contributed by atoms with E-state index in [-0.39, 0.29) is 23.6 Å². The van der Waals surface area contributed by atoms with Gasteiger partial charge in [0.2, 0.25) is 0 Å². The van der Waals surface area contributed by atoms with Gasteiger partial charge in [-0.1, -0.05) is 5.16 Å². The van der Waals surface area contributed by atoms with Gasteiger partial charge in [-0.2, -0.15) is 0 Å². The van der Waals surface area contributed by atoms with Gasteiger partial charge in [0.25, 0.3) is 11.8 Å². The zero-order chi connectivity index (χ0) is 17.8. The number of hydrogen-bond donors (Lipinski definition) is 2. The van der Waals surface area contributed by atoms with E-state index in [0.717, 1.165) is 6.07 Å². The maximum Gasteiger partial charge on any atom is 0.270 e. The van der Waals surface area contributed by atoms with Crippen LogP contribution >= 0.6 is 0 Å². The van der Waals surface area contributed by atoms with Crippen LogP contribution in [0.25, 0.3) is 0 Å². The number of primary amides is 1. The summed E-state index contributed by atoms with van der Waals surface area (Å²) in [6.07, 6.45) is 0. The summed E-state index contributed by atoms with van der Waals surface area (Å²) in [4.78, 5) is 25.2. The number of ether oxygens (including phenoxy) is 1. The number of anilines is 1. The van der Waals surface area contributed by atoms with E-state index < -0.39 is 17.6 Å². The van der Waals surface area contributed by atoms with Crippen molar-refractivity contribution in [1.82, 2.24) is 10.5 Å². The summed E-state index contributed by atoms with van der Waals surface area (Å²) < 4.78 is 24.0. The second kappa shape index (κ2) is 7.31. The first-order valence-electron chi connectivity index (χ1n) is 7.70. The quantitative estimate of drug-likeness (QED) is 0.822. The topological polar surface area (TPSA) is 111 Å². The normalized spacial score (nSPS) is 14.4. The van der Waals surface area contributed by atoms with Crippen molar-refractivity contribution in [2.24, 2.45) is 5.73 Å². The molecule has 0 atom stereocenters. The first kappa shape index (κ1) is 16.9. The number of carbonyl (C=O) groups excluding carboxylic acids is 2. The molecule has 0 spiro atoms. The Hall–Kier alpha value is -2.94. The zero-order valence-corrected chi connectivity index (χ0v) is 13.3. The van der Waals surface area contributed by atoms with E-state index in [0.29, 0.717) is 32.0 Å². The van der Waals surface area contributed by atoms with Crippen molar-refractivity contribution in [3.05, 3.63) is 47.1 Å². The number of rotatable bonds is 5. The molecule has 1 aliphatic heterocycles. The predicted molar refractivity (Wildman–Crippen MR) is 85.6 cm³/mol. The number of hydrogen-bond acceptors (Lipinski definition) is 6. The molecule has 132 valence electrons. The molecule has 1 aromatic carbocycles. The molecule has 1 saturated heterocycles. The highest BCUT2D eigenvalue weighted by atomic mass is 19.1. The Morgan fingerprint density at radius 3 is 2.68 bits per heavy atom. The van der Waals surface area contributed by atoms with Gasteiger partial charge in [-0.25, -0.2) is 4.39 Å². The summed E-state index contributed by atoms with van der Waals surface area (Å²) in [5, 5.41) is 6.07. The van der Waals surface area contributed by atoms with Crippen molar-refractivity contribution in [2.75, 3.05) is 31.2 Å². The molecule has 0 saturated carbocycles. The van der Waals surface area contributed by atoms with Gasteiger partial charge < -0.3 is 25.2 Å². The van der Waals surface area contributed by atoms with Gasteiger partial charge in [-0.15, -0.1) is 0 Å². The standard InChI is InChI=1S/C16H17FN4O4/c17-11-5-10(6-12(7-11)21-1-3-24-4-2-21)16(23)19-9-13-8-14(15(18)22)20-25-13/h5-8H,1-4,9H2,(H2,18,22)(H,19,23). The number of carbonyl (C=O) groups is 2. The molecule has 0 bridgehead atoms. The van der Waals surface area contributed by atoms with E-state index in [4.69, 9.17) is 15.0 Å². The number of morpholine rings is 1. The number of amides is 2. The lowest BCUT2D eigenvalue weighted by Crippen LogP contribution is -2.36. The summed E-state index contributed by atoms with van der Waals surface area (Å²) in [6, 6.07) is 5.51. The first-order valence-corrected chi connectivity index (χ1v) is 7.70. The average molecular weight is 348 g/mol. The second-order valence-electron chi connectivity index (χ2n) is 5.52. The number of nitrogens with zero attached hydrogens (tertiary/aromatic N) is 2. The fraction of sp³-hybridized carbons (Fsp3) is 0.312. The third-order valence-corrected chi connectivity index (χ3v) is 3.76. The molecule has 3 rings (SSSR count). The third-order valence-electron chi connectivity index (χ3n) is 3.76. The molecule has 9 heteroatoms. The van der Waals surface area contributed by atoms with Crippen LogP contribution in [0.3, 0.4) is 0 Å². The van der Waals surface area contributed by atoms with Crippen molar-refractivity contribution in [2.45, 2.75) is 6.54 Å². The van der Waals surface area contributed by atoms with E-state index >= 15 is 0 Å². The molecule has 2 aromatic rings. The SMILES string of the molecule is NC(=O)c1cc(CNC(=O)c2cc(F)cc(N3CCOCC3)c2)on1. The van der Waals surface area contributed by atoms with Crippen LogP contribution in [0.15, 0.2) is 28.8 Å². The summed E-state index contributed by atoms with van der Waals surface area (Å²) in [7, 11) is 0. The molecule has 0 radical (unpaired) electrons. The van der Waals surface area contributed by atoms with Crippen LogP contribution < -0.4 is 16.0 Å². The molecule has 1 aromatic heterocycles. The Balaban J connectivity index is 1.68. The van der Waals surface area contributed by atoms with Gasteiger partial charge in [-0.05, 0) is 18.2 Å². The second-order valence-corrected chi connectivity index (χ2v) is 5.52. The third kappa shape index (κ3) is 4.13. The maximum atomic E-state index is 13.9. The smallest absolute Gasteiger partial charge is 0.270 e. The Morgan fingerprint density at radius 1 is 1.24 bits per heavy atom. The van der Waals surface area contributed by atoms with Crippen LogP contribution in [0.1, 0.15) is 26.6 Å². The Morgan fingerprint density at radius 2 is 2.00 bits per heavy atom. The molecule has 8 nitrogen and oxygen atoms in total. The van der Waals surface area contributed by atoms with Gasteiger partial charge in [-0.3, -0.25) is 9.59 Å². The predicted octanol–water partition coefficient (Wildman–Crippen LogP) is 0.679. The maximum absolute atomic E-state index is 13.9. The van der Waals surface area contributed by atoms with Gasteiger partial charge >= 0.3 is 0 Å². The Labute approximate surface area is 142 Å². The van der Waals surface area contributed by atoms with Gasteiger partial charge in [0.05, 0.1) is 19.8 Å². The molecular formula is C16H17FN4O4. The molecular weight excluding hydrogens is 331 g/mol. The van der Waals surface area contributed by atoms with Crippen LogP contribution in [-0.4, -0.2) is 43.3 Å². The molecule has 0 unspecified atom stereocenters. The average Bonchev–Trinajstić information content (AvgIpc) is 3.09. The summed E-state index contributed by atoms with van der Waals surface area (Å²) >= 11 is 0. The van der Waals surface area contributed by atoms with Crippen LogP contribution in [-0.2, 0) is 11.3 Å². The zero-order valence-electron chi connectivity index (χ0n) is 13.3. The highest BCUT2D eigenvalue weighted by molar-refractivity contribution is 5.95. The lowest BCUT2D eigenvalue weighted by atomic mass is 10.1. The van der Waals surface area contributed by atoms with Crippen LogP contribution in [0.4, 0.5) is 10.1 Å². The largest absolute Gasteiger partial charge is 0.378 e. The lowest BCUT2D eigenvalue weighted by Gasteiger charge is -2.29. The van der Waals surface area contributed by atoms with Gasteiger partial charge in [0.15, 0.2) is 11.5 Å². The summed E-state index contributed by atoms with van der Waals surface area (Å²) in [5.41, 5.74) is 5.87. The van der Waals surface area contributed by atoms with Gasteiger partial charge in [0, 0.05) is 30.4 Å². The van der Waals surface area contributed by atoms with Crippen molar-refractivity contribution >= 4 is 17.5 Å². The Kier molecular flexibility index (Phi) is 4.94. The molecule has 1 fully saturated rings. The van der Waals surface area contributed by atoms with Gasteiger partial charge in [0.1, 0.15) is 5.82 Å². The summed E-state index contributed by atoms with van der Waals surface area (Å²) in [6.45, 7) is 2.40. The van der Waals surface area contributed by atoms with E-state index in [1.807, 2.05) is 4.90 Å². The van der Waals surface area contributed by atoms with Crippen LogP contribution in [0, 0.1) is 5.82 Å². The van der Waals surface area contributed by atoms with Crippen LogP contribution in [0.2, 0.25) is 0 Å². The van der Waals surface area contributed by atoms with Crippen LogP contribution in [0.5, 0.6) is 0 Å². The number of nitrogens with one attached hydrogen (secondary N) is 1. The molecule has 25 heavy (non-hydrogen) atoms. The first-order chi connectivity index (χ1) is 12.0. The number of nitrogens with two attached hydrogens (primary N) is 1. The molecule has 0 aliphatic carbocycles. The monoisotopic (exact) mass is 348 g/mol. The molecule has 1 aliphatic rings. The van der Waals surface area contributed by atoms with E-state index in [2.05, 4.69) is 10.5 Å². The van der Waals surface area contributed by atoms with Crippen molar-refractivity contribution in [1.29, 1.82) is 0 Å². The number of halogens is 1. The fourth-order valence-corrected chi connectivity index (χ4v) is 2.49. The molecule has 2 heterocycles. The minimum atomic E-state index is -0.721. The van der Waals surface area contributed by atoms with Crippen molar-refractivity contribution in [3.8, 4) is 0 Å². The summed E-state index contributed by atoms with van der Waals surface area (Å²) in [5.74, 6) is -1.41. The minimum Gasteiger partial charge on any atom is -0.378 e. The highest BCUT2D eigenvalue weighted by Crippen LogP contribution is 2.20. The Bertz CT molecular complexity index is 786. The molecule has 2 amide bonds. The lowest BCUT2D eigenvalue weighted by molar-refractivity contribution is 0.0944. The van der Waals surface area contributed by atoms with E-state index in [1.54, 1.807) is 6.07 Å². The number of benzene rings is 1. The number of aromatic nitrogens is 1. The highest BCUT2D eigenvalue weighted by Gasteiger charge is 2.16. The fourth-order valence-electron chi connectivity index (χ4n) is 2.49. The van der Waals surface area contributed by atoms with Crippen molar-refractivity contribution in [3.63, 3.8) is 0 Å². The minimum absolute atomic E-state index is 0.00249. The van der Waals surface area contributed by atoms with Crippen molar-refractivity contribution < 1.29 is 23.2 Å². The van der Waals surface area contributed by atoms with E-state index in [9.17, 15) is 14.0 Å². The molecule has 3 N–H and O–H groups in total. The van der Waals surface area contributed by atoms with E-state index in [1.165, 1.54) is 12.1 Å².